The normalized spacial score (nSPS) is 31.9. The van der Waals surface area contributed by atoms with Gasteiger partial charge in [-0.3, -0.25) is 19.3 Å². The molecular formula is C21H22F2N8O7. The molecule has 5 aliphatic heterocycles. The summed E-state index contributed by atoms with van der Waals surface area (Å²) in [5, 5.41) is 28.1. The van der Waals surface area contributed by atoms with Crippen LogP contribution in [0.25, 0.3) is 0 Å². The molecule has 38 heavy (non-hydrogen) atoms. The number of fused-ring (bicyclic) bond motifs is 1. The van der Waals surface area contributed by atoms with Crippen LogP contribution >= 0.6 is 0 Å². The van der Waals surface area contributed by atoms with Crippen LogP contribution in [0.1, 0.15) is 23.2 Å². The molecule has 0 bridgehead atoms. The van der Waals surface area contributed by atoms with Gasteiger partial charge < -0.3 is 46.7 Å². The third kappa shape index (κ3) is 3.21. The maximum absolute atomic E-state index is 13.6. The molecule has 17 heteroatoms. The number of halogens is 2. The van der Waals surface area contributed by atoms with Crippen molar-refractivity contribution in [3.63, 3.8) is 0 Å². The SMILES string of the molecule is NC1=N[C@H]2C(CN3C(=O)CCC3=O)N=C(N)N3CC(NC(=O)c4cccc5c4OC(F)(F)O5)C(O)(O)[C@]23N1. The molecule has 0 saturated carbocycles. The van der Waals surface area contributed by atoms with Crippen molar-refractivity contribution in [2.75, 3.05) is 13.1 Å². The zero-order valence-corrected chi connectivity index (χ0v) is 19.4. The number of ether oxygens (including phenoxy) is 2. The molecular weight excluding hydrogens is 514 g/mol. The van der Waals surface area contributed by atoms with Gasteiger partial charge in [-0.15, -0.1) is 8.78 Å². The summed E-state index contributed by atoms with van der Waals surface area (Å²) in [7, 11) is 0. The summed E-state index contributed by atoms with van der Waals surface area (Å²) in [5.74, 6) is -5.89. The number of carbonyl (C=O) groups is 3. The Balaban J connectivity index is 1.31. The van der Waals surface area contributed by atoms with Crippen molar-refractivity contribution in [1.82, 2.24) is 20.4 Å². The quantitative estimate of drug-likeness (QED) is 0.168. The van der Waals surface area contributed by atoms with E-state index in [0.717, 1.165) is 4.90 Å². The largest absolute Gasteiger partial charge is 0.586 e. The van der Waals surface area contributed by atoms with E-state index in [1.807, 2.05) is 0 Å². The van der Waals surface area contributed by atoms with Crippen LogP contribution < -0.4 is 31.6 Å². The zero-order valence-electron chi connectivity index (χ0n) is 19.4. The predicted octanol–water partition coefficient (Wildman–Crippen LogP) is -3.07. The standard InChI is InChI=1S/C21H22F2N8O7/c22-21(23)37-10-3-1-2-8(14(10)38-21)16(34)27-11-7-31-18(25)26-9(6-30-12(32)4-5-13(30)33)15-19(31,20(11,35)36)29-17(24)28-15/h1-3,9,11,15,35-36H,4-7H2,(H2,25,26)(H,27,34)(H3,24,28,29)/t9?,11?,15-,19-/m0/s1. The van der Waals surface area contributed by atoms with E-state index < -0.39 is 59.3 Å². The van der Waals surface area contributed by atoms with E-state index in [2.05, 4.69) is 30.1 Å². The molecule has 1 aromatic rings. The number of rotatable bonds is 4. The smallest absolute Gasteiger partial charge is 0.395 e. The number of guanidine groups is 2. The highest BCUT2D eigenvalue weighted by molar-refractivity contribution is 6.02. The second-order valence-electron chi connectivity index (χ2n) is 9.47. The maximum atomic E-state index is 13.6. The third-order valence-electron chi connectivity index (χ3n) is 7.30. The lowest BCUT2D eigenvalue weighted by molar-refractivity contribution is -0.286. The first-order valence-electron chi connectivity index (χ1n) is 11.5. The molecule has 0 aliphatic carbocycles. The van der Waals surface area contributed by atoms with Crippen LogP contribution in [0.3, 0.4) is 0 Å². The van der Waals surface area contributed by atoms with Crippen molar-refractivity contribution in [2.45, 2.75) is 48.7 Å². The Bertz CT molecular complexity index is 1320. The number of likely N-dealkylation sites (tertiary alicyclic amines) is 1. The summed E-state index contributed by atoms with van der Waals surface area (Å²) in [6.45, 7) is -0.539. The lowest BCUT2D eigenvalue weighted by Crippen LogP contribution is -2.78. The molecule has 8 N–H and O–H groups in total. The molecule has 6 rings (SSSR count). The molecule has 0 radical (unpaired) electrons. The van der Waals surface area contributed by atoms with Crippen molar-refractivity contribution < 1.29 is 42.9 Å². The number of aliphatic hydroxyl groups is 2. The second-order valence-corrected chi connectivity index (χ2v) is 9.47. The first-order chi connectivity index (χ1) is 17.8. The fraction of sp³-hybridized carbons (Fsp3) is 0.476. The Labute approximate surface area is 212 Å². The number of imide groups is 1. The minimum Gasteiger partial charge on any atom is -0.395 e. The molecule has 1 spiro atoms. The van der Waals surface area contributed by atoms with Gasteiger partial charge >= 0.3 is 6.29 Å². The van der Waals surface area contributed by atoms with Gasteiger partial charge in [0.25, 0.3) is 5.91 Å². The number of aliphatic imine (C=N–C) groups is 2. The molecule has 2 unspecified atom stereocenters. The van der Waals surface area contributed by atoms with Gasteiger partial charge in [0.2, 0.25) is 17.6 Å². The van der Waals surface area contributed by atoms with Gasteiger partial charge in [-0.05, 0) is 12.1 Å². The summed E-state index contributed by atoms with van der Waals surface area (Å²) in [6.07, 6.45) is -3.90. The molecule has 1 aromatic carbocycles. The number of nitrogens with zero attached hydrogens (tertiary/aromatic N) is 4. The summed E-state index contributed by atoms with van der Waals surface area (Å²) < 4.78 is 36.0. The summed E-state index contributed by atoms with van der Waals surface area (Å²) in [5.41, 5.74) is 9.82. The van der Waals surface area contributed by atoms with Crippen LogP contribution in [0, 0.1) is 0 Å². The molecule has 15 nitrogen and oxygen atoms in total. The molecule has 4 atom stereocenters. The predicted molar refractivity (Wildman–Crippen MR) is 120 cm³/mol. The van der Waals surface area contributed by atoms with Crippen LogP contribution in [-0.4, -0.2) is 98.6 Å². The van der Waals surface area contributed by atoms with Gasteiger partial charge in [0.05, 0.1) is 18.2 Å². The number of nitrogens with one attached hydrogen (secondary N) is 2. The average molecular weight is 536 g/mol. The van der Waals surface area contributed by atoms with Gasteiger partial charge in [0.15, 0.2) is 29.1 Å². The van der Waals surface area contributed by atoms with Crippen molar-refractivity contribution in [1.29, 1.82) is 0 Å². The Morgan fingerprint density at radius 3 is 2.61 bits per heavy atom. The van der Waals surface area contributed by atoms with Crippen LogP contribution in [0.5, 0.6) is 11.5 Å². The zero-order chi connectivity index (χ0) is 27.2. The molecule has 202 valence electrons. The van der Waals surface area contributed by atoms with Gasteiger partial charge in [0, 0.05) is 19.4 Å². The number of benzene rings is 1. The molecule has 5 heterocycles. The van der Waals surface area contributed by atoms with Crippen molar-refractivity contribution in [2.24, 2.45) is 21.5 Å². The average Bonchev–Trinajstić information content (AvgIpc) is 3.52. The van der Waals surface area contributed by atoms with Crippen LogP contribution in [0.4, 0.5) is 8.78 Å². The Morgan fingerprint density at radius 1 is 1.18 bits per heavy atom. The van der Waals surface area contributed by atoms with Crippen molar-refractivity contribution in [3.05, 3.63) is 23.8 Å². The van der Waals surface area contributed by atoms with E-state index in [9.17, 15) is 33.4 Å². The van der Waals surface area contributed by atoms with E-state index in [-0.39, 0.29) is 49.2 Å². The Morgan fingerprint density at radius 2 is 1.89 bits per heavy atom. The number of amides is 3. The topological polar surface area (TPSA) is 217 Å². The molecule has 0 aromatic heterocycles. The minimum absolute atomic E-state index is 0.0399. The van der Waals surface area contributed by atoms with E-state index in [4.69, 9.17) is 11.5 Å². The van der Waals surface area contributed by atoms with Gasteiger partial charge in [-0.25, -0.2) is 9.98 Å². The monoisotopic (exact) mass is 536 g/mol. The minimum atomic E-state index is -3.97. The summed E-state index contributed by atoms with van der Waals surface area (Å²) in [4.78, 5) is 48.4. The fourth-order valence-electron chi connectivity index (χ4n) is 5.63. The number of alkyl halides is 2. The van der Waals surface area contributed by atoms with E-state index in [1.165, 1.54) is 23.1 Å². The van der Waals surface area contributed by atoms with E-state index >= 15 is 0 Å². The number of para-hydroxylation sites is 1. The first kappa shape index (κ1) is 24.1. The molecule has 5 aliphatic rings. The number of nitrogens with two attached hydrogens (primary N) is 2. The first-order valence-corrected chi connectivity index (χ1v) is 11.5. The second kappa shape index (κ2) is 7.64. The number of hydrogen-bond donors (Lipinski definition) is 6. The van der Waals surface area contributed by atoms with Crippen LogP contribution in [0.15, 0.2) is 28.2 Å². The number of hydrogen-bond acceptors (Lipinski definition) is 13. The van der Waals surface area contributed by atoms with Gasteiger partial charge in [0.1, 0.15) is 12.1 Å². The molecule has 3 amide bonds. The van der Waals surface area contributed by atoms with Crippen LogP contribution in [0.2, 0.25) is 0 Å². The van der Waals surface area contributed by atoms with E-state index in [1.54, 1.807) is 0 Å². The van der Waals surface area contributed by atoms with Gasteiger partial charge in [-0.1, -0.05) is 6.07 Å². The van der Waals surface area contributed by atoms with E-state index in [0.29, 0.717) is 0 Å². The Hall–Kier alpha value is -4.25. The molecule has 2 saturated heterocycles. The van der Waals surface area contributed by atoms with Gasteiger partial charge in [-0.2, -0.15) is 0 Å². The maximum Gasteiger partial charge on any atom is 0.586 e. The highest BCUT2D eigenvalue weighted by Gasteiger charge is 2.73. The van der Waals surface area contributed by atoms with Crippen molar-refractivity contribution >= 4 is 29.6 Å². The third-order valence-corrected chi connectivity index (χ3v) is 7.30. The Kier molecular flexibility index (Phi) is 4.84. The highest BCUT2D eigenvalue weighted by atomic mass is 19.3. The lowest BCUT2D eigenvalue weighted by atomic mass is 9.84. The molecule has 2 fully saturated rings. The van der Waals surface area contributed by atoms with Crippen molar-refractivity contribution in [3.8, 4) is 11.5 Å². The summed E-state index contributed by atoms with van der Waals surface area (Å²) >= 11 is 0. The summed E-state index contributed by atoms with van der Waals surface area (Å²) in [6, 6.07) is 0.0499. The van der Waals surface area contributed by atoms with Crippen LogP contribution in [-0.2, 0) is 9.59 Å². The number of carbonyl (C=O) groups excluding carboxylic acids is 3. The lowest BCUT2D eigenvalue weighted by Gasteiger charge is -2.49. The fourth-order valence-corrected chi connectivity index (χ4v) is 5.63. The highest BCUT2D eigenvalue weighted by Crippen LogP contribution is 2.46.